The van der Waals surface area contributed by atoms with Gasteiger partial charge in [-0.05, 0) is 49.7 Å². The third-order valence-corrected chi connectivity index (χ3v) is 5.25. The van der Waals surface area contributed by atoms with E-state index in [0.717, 1.165) is 11.3 Å². The van der Waals surface area contributed by atoms with Crippen molar-refractivity contribution in [3.05, 3.63) is 72.0 Å². The molecule has 30 heavy (non-hydrogen) atoms. The molecule has 4 aromatic rings. The summed E-state index contributed by atoms with van der Waals surface area (Å²) in [4.78, 5) is 14.7. The second-order valence-electron chi connectivity index (χ2n) is 7.30. The molecule has 8 heteroatoms. The standard InChI is InChI=1S/C22H19FN6O/c1-14-6-8-15(9-7-14)28-13-12-18(22(28)30)24-19-10-11-20-25-26-21(29(20)27-19)16-4-2-3-5-17(16)23/h2-11,18H,12-13H2,1H3,(H,24,27). The monoisotopic (exact) mass is 402 g/mol. The van der Waals surface area contributed by atoms with Crippen LogP contribution in [0.1, 0.15) is 12.0 Å². The highest BCUT2D eigenvalue weighted by Gasteiger charge is 2.32. The van der Waals surface area contributed by atoms with Crippen LogP contribution in [0.3, 0.4) is 0 Å². The molecule has 1 aliphatic heterocycles. The third kappa shape index (κ3) is 3.16. The van der Waals surface area contributed by atoms with Gasteiger partial charge in [0.25, 0.3) is 0 Å². The molecule has 0 aliphatic carbocycles. The maximum Gasteiger partial charge on any atom is 0.249 e. The molecule has 7 nitrogen and oxygen atoms in total. The van der Waals surface area contributed by atoms with Gasteiger partial charge in [-0.3, -0.25) is 4.79 Å². The quantitative estimate of drug-likeness (QED) is 0.566. The van der Waals surface area contributed by atoms with Crippen LogP contribution >= 0.6 is 0 Å². The Bertz CT molecular complexity index is 1240. The fourth-order valence-corrected chi connectivity index (χ4v) is 3.65. The van der Waals surface area contributed by atoms with E-state index < -0.39 is 5.82 Å². The number of fused-ring (bicyclic) bond motifs is 1. The second-order valence-corrected chi connectivity index (χ2v) is 7.30. The number of carbonyl (C=O) groups excluding carboxylic acids is 1. The summed E-state index contributed by atoms with van der Waals surface area (Å²) in [6.45, 7) is 2.65. The summed E-state index contributed by atoms with van der Waals surface area (Å²) < 4.78 is 15.7. The highest BCUT2D eigenvalue weighted by atomic mass is 19.1. The Balaban J connectivity index is 1.41. The Kier molecular flexibility index (Phi) is 4.39. The van der Waals surface area contributed by atoms with Crippen LogP contribution in [0.2, 0.25) is 0 Å². The van der Waals surface area contributed by atoms with Gasteiger partial charge in [0.1, 0.15) is 17.7 Å². The van der Waals surface area contributed by atoms with Crippen molar-refractivity contribution in [3.8, 4) is 11.4 Å². The Morgan fingerprint density at radius 3 is 2.63 bits per heavy atom. The molecular formula is C22H19FN6O. The van der Waals surface area contributed by atoms with Crippen LogP contribution < -0.4 is 10.2 Å². The number of nitrogens with zero attached hydrogens (tertiary/aromatic N) is 5. The number of benzene rings is 2. The summed E-state index contributed by atoms with van der Waals surface area (Å²) >= 11 is 0. The van der Waals surface area contributed by atoms with Crippen LogP contribution in [0.15, 0.2) is 60.7 Å². The first kappa shape index (κ1) is 18.2. The van der Waals surface area contributed by atoms with Gasteiger partial charge in [0.2, 0.25) is 5.91 Å². The van der Waals surface area contributed by atoms with Crippen LogP contribution in [0.4, 0.5) is 15.9 Å². The predicted octanol–water partition coefficient (Wildman–Crippen LogP) is 3.46. The maximum absolute atomic E-state index is 14.2. The number of aryl methyl sites for hydroxylation is 1. The van der Waals surface area contributed by atoms with E-state index in [0.29, 0.717) is 35.8 Å². The zero-order valence-electron chi connectivity index (χ0n) is 16.3. The number of hydrogen-bond donors (Lipinski definition) is 1. The topological polar surface area (TPSA) is 75.4 Å². The number of halogens is 1. The summed E-state index contributed by atoms with van der Waals surface area (Å²) in [5, 5.41) is 15.9. The molecule has 0 saturated carbocycles. The summed E-state index contributed by atoms with van der Waals surface area (Å²) in [7, 11) is 0. The molecule has 1 fully saturated rings. The minimum atomic E-state index is -0.397. The smallest absolute Gasteiger partial charge is 0.249 e. The van der Waals surface area contributed by atoms with Gasteiger partial charge in [0.05, 0.1) is 5.56 Å². The summed E-state index contributed by atoms with van der Waals surface area (Å²) in [6, 6.07) is 17.4. The first-order valence-electron chi connectivity index (χ1n) is 9.72. The zero-order valence-corrected chi connectivity index (χ0v) is 16.3. The maximum atomic E-state index is 14.2. The van der Waals surface area contributed by atoms with Crippen molar-refractivity contribution in [3.63, 3.8) is 0 Å². The average molecular weight is 402 g/mol. The molecule has 1 atom stereocenters. The molecule has 0 radical (unpaired) electrons. The molecule has 2 aromatic carbocycles. The molecule has 3 heterocycles. The largest absolute Gasteiger partial charge is 0.357 e. The minimum Gasteiger partial charge on any atom is -0.357 e. The van der Waals surface area contributed by atoms with E-state index in [-0.39, 0.29) is 11.9 Å². The van der Waals surface area contributed by atoms with E-state index in [2.05, 4.69) is 20.6 Å². The lowest BCUT2D eigenvalue weighted by Crippen LogP contribution is -2.33. The third-order valence-electron chi connectivity index (χ3n) is 5.25. The predicted molar refractivity (Wildman–Crippen MR) is 112 cm³/mol. The fraction of sp³-hybridized carbons (Fsp3) is 0.182. The highest BCUT2D eigenvalue weighted by molar-refractivity contribution is 6.00. The highest BCUT2D eigenvalue weighted by Crippen LogP contribution is 2.25. The normalized spacial score (nSPS) is 16.4. The average Bonchev–Trinajstić information content (AvgIpc) is 3.33. The first-order valence-corrected chi connectivity index (χ1v) is 9.72. The van der Waals surface area contributed by atoms with Crippen molar-refractivity contribution < 1.29 is 9.18 Å². The van der Waals surface area contributed by atoms with Gasteiger partial charge in [-0.15, -0.1) is 15.3 Å². The van der Waals surface area contributed by atoms with Crippen molar-refractivity contribution in [2.75, 3.05) is 16.8 Å². The van der Waals surface area contributed by atoms with Gasteiger partial charge in [-0.25, -0.2) is 4.39 Å². The van der Waals surface area contributed by atoms with Gasteiger partial charge in [-0.2, -0.15) is 4.52 Å². The van der Waals surface area contributed by atoms with Crippen molar-refractivity contribution in [2.45, 2.75) is 19.4 Å². The van der Waals surface area contributed by atoms with E-state index in [4.69, 9.17) is 0 Å². The molecule has 1 N–H and O–H groups in total. The number of carbonyl (C=O) groups is 1. The summed E-state index contributed by atoms with van der Waals surface area (Å²) in [5.74, 6) is 0.417. The van der Waals surface area contributed by atoms with Gasteiger partial charge in [0, 0.05) is 12.2 Å². The Hall–Kier alpha value is -3.81. The van der Waals surface area contributed by atoms with Crippen molar-refractivity contribution >= 4 is 23.1 Å². The molecule has 1 saturated heterocycles. The second kappa shape index (κ2) is 7.22. The first-order chi connectivity index (χ1) is 14.6. The van der Waals surface area contributed by atoms with E-state index >= 15 is 0 Å². The van der Waals surface area contributed by atoms with E-state index in [1.165, 1.54) is 10.6 Å². The zero-order chi connectivity index (χ0) is 20.7. The number of aromatic nitrogens is 4. The molecule has 2 aromatic heterocycles. The van der Waals surface area contributed by atoms with Gasteiger partial charge in [-0.1, -0.05) is 29.8 Å². The lowest BCUT2D eigenvalue weighted by atomic mass is 10.2. The van der Waals surface area contributed by atoms with Crippen molar-refractivity contribution in [1.29, 1.82) is 0 Å². The van der Waals surface area contributed by atoms with Gasteiger partial charge < -0.3 is 10.2 Å². The SMILES string of the molecule is Cc1ccc(N2CCC(Nc3ccc4nnc(-c5ccccc5F)n4n3)C2=O)cc1. The molecule has 1 unspecified atom stereocenters. The van der Waals surface area contributed by atoms with E-state index in [9.17, 15) is 9.18 Å². The lowest BCUT2D eigenvalue weighted by Gasteiger charge is -2.17. The summed E-state index contributed by atoms with van der Waals surface area (Å²) in [6.07, 6.45) is 0.661. The summed E-state index contributed by atoms with van der Waals surface area (Å²) in [5.41, 5.74) is 2.85. The fourth-order valence-electron chi connectivity index (χ4n) is 3.65. The van der Waals surface area contributed by atoms with Crippen LogP contribution in [0.25, 0.3) is 17.0 Å². The lowest BCUT2D eigenvalue weighted by molar-refractivity contribution is -0.117. The van der Waals surface area contributed by atoms with Crippen LogP contribution in [-0.2, 0) is 4.79 Å². The number of anilines is 2. The molecule has 1 amide bonds. The minimum absolute atomic E-state index is 0.00108. The van der Waals surface area contributed by atoms with E-state index in [1.807, 2.05) is 31.2 Å². The van der Waals surface area contributed by atoms with Gasteiger partial charge in [0.15, 0.2) is 11.5 Å². The molecular weight excluding hydrogens is 383 g/mol. The Morgan fingerprint density at radius 2 is 1.83 bits per heavy atom. The molecule has 0 bridgehead atoms. The number of hydrogen-bond acceptors (Lipinski definition) is 5. The van der Waals surface area contributed by atoms with Crippen LogP contribution in [0, 0.1) is 12.7 Å². The van der Waals surface area contributed by atoms with Crippen molar-refractivity contribution in [2.24, 2.45) is 0 Å². The molecule has 1 aliphatic rings. The van der Waals surface area contributed by atoms with Crippen LogP contribution in [0.5, 0.6) is 0 Å². The van der Waals surface area contributed by atoms with Gasteiger partial charge >= 0.3 is 0 Å². The number of nitrogens with one attached hydrogen (secondary N) is 1. The number of rotatable bonds is 4. The Morgan fingerprint density at radius 1 is 1.03 bits per heavy atom. The van der Waals surface area contributed by atoms with Crippen LogP contribution in [-0.4, -0.2) is 38.3 Å². The molecule has 150 valence electrons. The molecule has 0 spiro atoms. The van der Waals surface area contributed by atoms with Crippen molar-refractivity contribution in [1.82, 2.24) is 19.8 Å². The Labute approximate surface area is 172 Å². The number of amides is 1. The molecule has 5 rings (SSSR count). The van der Waals surface area contributed by atoms with E-state index in [1.54, 1.807) is 35.2 Å².